The minimum absolute atomic E-state index is 0.0809. The summed E-state index contributed by atoms with van der Waals surface area (Å²) in [6.45, 7) is 0. The Morgan fingerprint density at radius 3 is 2.68 bits per heavy atom. The van der Waals surface area contributed by atoms with E-state index in [2.05, 4.69) is 4.98 Å². The fourth-order valence-corrected chi connectivity index (χ4v) is 2.39. The second kappa shape index (κ2) is 4.47. The van der Waals surface area contributed by atoms with E-state index in [1.807, 2.05) is 0 Å². The highest BCUT2D eigenvalue weighted by Gasteiger charge is 2.11. The first-order valence-electron chi connectivity index (χ1n) is 5.40. The van der Waals surface area contributed by atoms with Gasteiger partial charge in [-0.15, -0.1) is 11.3 Å². The molecule has 6 heteroatoms. The number of nitrogens with zero attached hydrogens (tertiary/aromatic N) is 1. The molecule has 0 fully saturated rings. The van der Waals surface area contributed by atoms with Crippen molar-refractivity contribution in [2.45, 2.75) is 0 Å². The molecule has 0 saturated heterocycles. The molecule has 96 valence electrons. The summed E-state index contributed by atoms with van der Waals surface area (Å²) in [4.78, 5) is 4.12. The second-order valence-electron chi connectivity index (χ2n) is 3.85. The molecule has 3 rings (SSSR count). The number of nitrogens with two attached hydrogens (primary N) is 1. The zero-order chi connectivity index (χ0) is 13.4. The van der Waals surface area contributed by atoms with Gasteiger partial charge >= 0.3 is 0 Å². The summed E-state index contributed by atoms with van der Waals surface area (Å²) in [6.07, 6.45) is 0. The average molecular weight is 278 g/mol. The Bertz CT molecular complexity index is 757. The molecule has 2 N–H and O–H groups in total. The van der Waals surface area contributed by atoms with E-state index in [-0.39, 0.29) is 5.75 Å². The van der Waals surface area contributed by atoms with Crippen LogP contribution in [0.4, 0.5) is 14.5 Å². The number of rotatable bonds is 2. The van der Waals surface area contributed by atoms with Crippen LogP contribution in [0.2, 0.25) is 0 Å². The molecule has 0 aliphatic heterocycles. The lowest BCUT2D eigenvalue weighted by Gasteiger charge is -2.09. The van der Waals surface area contributed by atoms with E-state index in [4.69, 9.17) is 10.5 Å². The number of hydrogen-bond donors (Lipinski definition) is 1. The van der Waals surface area contributed by atoms with Crippen molar-refractivity contribution in [3.05, 3.63) is 47.5 Å². The van der Waals surface area contributed by atoms with Gasteiger partial charge in [0.2, 0.25) is 0 Å². The van der Waals surface area contributed by atoms with Crippen LogP contribution in [0, 0.1) is 11.6 Å². The first-order valence-corrected chi connectivity index (χ1v) is 6.27. The number of ether oxygens (including phenoxy) is 1. The van der Waals surface area contributed by atoms with Gasteiger partial charge in [0, 0.05) is 6.07 Å². The molecule has 0 bridgehead atoms. The molecule has 3 nitrogen and oxygen atoms in total. The number of thiazole rings is 1. The van der Waals surface area contributed by atoms with Gasteiger partial charge in [-0.3, -0.25) is 0 Å². The summed E-state index contributed by atoms with van der Waals surface area (Å²) in [5, 5.41) is 0. The van der Waals surface area contributed by atoms with E-state index in [9.17, 15) is 8.78 Å². The first kappa shape index (κ1) is 11.9. The monoisotopic (exact) mass is 278 g/mol. The summed E-state index contributed by atoms with van der Waals surface area (Å²) >= 11 is 1.45. The molecule has 0 spiro atoms. The zero-order valence-corrected chi connectivity index (χ0v) is 10.4. The van der Waals surface area contributed by atoms with Gasteiger partial charge < -0.3 is 10.5 Å². The highest BCUT2D eigenvalue weighted by molar-refractivity contribution is 7.16. The lowest BCUT2D eigenvalue weighted by Crippen LogP contribution is -1.95. The van der Waals surface area contributed by atoms with E-state index in [1.165, 1.54) is 17.4 Å². The molecule has 0 aliphatic rings. The Balaban J connectivity index is 2.03. The number of fused-ring (bicyclic) bond motifs is 1. The van der Waals surface area contributed by atoms with Gasteiger partial charge in [0.25, 0.3) is 0 Å². The molecule has 1 aromatic heterocycles. The average Bonchev–Trinajstić information content (AvgIpc) is 2.85. The molecular weight excluding hydrogens is 270 g/mol. The van der Waals surface area contributed by atoms with Gasteiger partial charge in [0.05, 0.1) is 10.2 Å². The lowest BCUT2D eigenvalue weighted by atomic mass is 10.2. The molecular formula is C13H8F2N2OS. The summed E-state index contributed by atoms with van der Waals surface area (Å²) in [5.74, 6) is -1.22. The van der Waals surface area contributed by atoms with Crippen LogP contribution < -0.4 is 10.5 Å². The molecule has 2 aromatic carbocycles. The van der Waals surface area contributed by atoms with Crippen molar-refractivity contribution >= 4 is 27.2 Å². The standard InChI is InChI=1S/C13H8F2N2OS/c14-7-1-2-9(8(15)5-7)18-10-3-4-11-13(12(10)16)17-6-19-11/h1-6H,16H2. The van der Waals surface area contributed by atoms with Crippen molar-refractivity contribution in [2.75, 3.05) is 5.73 Å². The third kappa shape index (κ3) is 2.10. The van der Waals surface area contributed by atoms with E-state index >= 15 is 0 Å². The minimum Gasteiger partial charge on any atom is -0.452 e. The number of nitrogen functional groups attached to an aromatic ring is 1. The fourth-order valence-electron chi connectivity index (χ4n) is 1.70. The van der Waals surface area contributed by atoms with Crippen molar-refractivity contribution in [3.8, 4) is 11.5 Å². The predicted octanol–water partition coefficient (Wildman–Crippen LogP) is 3.95. The van der Waals surface area contributed by atoms with E-state index < -0.39 is 11.6 Å². The molecule has 0 atom stereocenters. The van der Waals surface area contributed by atoms with Gasteiger partial charge in [0.1, 0.15) is 17.0 Å². The second-order valence-corrected chi connectivity index (χ2v) is 4.74. The summed E-state index contributed by atoms with van der Waals surface area (Å²) in [5.41, 5.74) is 8.54. The van der Waals surface area contributed by atoms with Crippen LogP contribution in [-0.2, 0) is 0 Å². The van der Waals surface area contributed by atoms with Gasteiger partial charge in [0.15, 0.2) is 17.3 Å². The van der Waals surface area contributed by atoms with Crippen molar-refractivity contribution in [3.63, 3.8) is 0 Å². The van der Waals surface area contributed by atoms with Gasteiger partial charge in [-0.05, 0) is 24.3 Å². The number of benzene rings is 2. The Morgan fingerprint density at radius 2 is 1.89 bits per heavy atom. The fraction of sp³-hybridized carbons (Fsp3) is 0. The predicted molar refractivity (Wildman–Crippen MR) is 70.5 cm³/mol. The summed E-state index contributed by atoms with van der Waals surface area (Å²) in [6, 6.07) is 6.52. The largest absolute Gasteiger partial charge is 0.452 e. The Hall–Kier alpha value is -2.21. The minimum atomic E-state index is -0.780. The summed E-state index contributed by atoms with van der Waals surface area (Å²) < 4.78 is 32.6. The third-order valence-electron chi connectivity index (χ3n) is 2.62. The smallest absolute Gasteiger partial charge is 0.168 e. The number of hydrogen-bond acceptors (Lipinski definition) is 4. The number of aromatic nitrogens is 1. The molecule has 1 heterocycles. The summed E-state index contributed by atoms with van der Waals surface area (Å²) in [7, 11) is 0. The van der Waals surface area contributed by atoms with Crippen LogP contribution in [0.5, 0.6) is 11.5 Å². The molecule has 0 amide bonds. The Kier molecular flexibility index (Phi) is 2.79. The molecule has 0 aliphatic carbocycles. The number of halogens is 2. The van der Waals surface area contributed by atoms with Crippen LogP contribution in [0.1, 0.15) is 0 Å². The van der Waals surface area contributed by atoms with Gasteiger partial charge in [-0.25, -0.2) is 13.8 Å². The van der Waals surface area contributed by atoms with E-state index in [0.29, 0.717) is 17.0 Å². The molecule has 3 aromatic rings. The molecule has 0 saturated carbocycles. The highest BCUT2D eigenvalue weighted by Crippen LogP contribution is 2.35. The van der Waals surface area contributed by atoms with Crippen molar-refractivity contribution < 1.29 is 13.5 Å². The molecule has 19 heavy (non-hydrogen) atoms. The Labute approximate surface area is 111 Å². The van der Waals surface area contributed by atoms with Crippen molar-refractivity contribution in [1.82, 2.24) is 4.98 Å². The lowest BCUT2D eigenvalue weighted by molar-refractivity contribution is 0.440. The number of anilines is 1. The molecule has 0 unspecified atom stereocenters. The van der Waals surface area contributed by atoms with Crippen LogP contribution in [0.3, 0.4) is 0 Å². The van der Waals surface area contributed by atoms with E-state index in [1.54, 1.807) is 17.6 Å². The third-order valence-corrected chi connectivity index (χ3v) is 3.41. The van der Waals surface area contributed by atoms with Crippen LogP contribution in [-0.4, -0.2) is 4.98 Å². The van der Waals surface area contributed by atoms with Gasteiger partial charge in [-0.2, -0.15) is 0 Å². The van der Waals surface area contributed by atoms with Crippen LogP contribution >= 0.6 is 11.3 Å². The Morgan fingerprint density at radius 1 is 1.11 bits per heavy atom. The quantitative estimate of drug-likeness (QED) is 0.722. The molecule has 0 radical (unpaired) electrons. The SMILES string of the molecule is Nc1c(Oc2ccc(F)cc2F)ccc2scnc12. The van der Waals surface area contributed by atoms with Crippen molar-refractivity contribution in [1.29, 1.82) is 0 Å². The van der Waals surface area contributed by atoms with Crippen LogP contribution in [0.25, 0.3) is 10.2 Å². The zero-order valence-electron chi connectivity index (χ0n) is 9.56. The van der Waals surface area contributed by atoms with E-state index in [0.717, 1.165) is 16.8 Å². The van der Waals surface area contributed by atoms with Gasteiger partial charge in [-0.1, -0.05) is 0 Å². The highest BCUT2D eigenvalue weighted by atomic mass is 32.1. The first-order chi connectivity index (χ1) is 9.15. The van der Waals surface area contributed by atoms with Crippen LogP contribution in [0.15, 0.2) is 35.8 Å². The topological polar surface area (TPSA) is 48.1 Å². The maximum absolute atomic E-state index is 13.5. The maximum Gasteiger partial charge on any atom is 0.168 e. The maximum atomic E-state index is 13.5. The van der Waals surface area contributed by atoms with Crippen molar-refractivity contribution in [2.24, 2.45) is 0 Å². The normalized spacial score (nSPS) is 10.8.